The van der Waals surface area contributed by atoms with Crippen LogP contribution in [0.2, 0.25) is 0 Å². The molecule has 4 nitrogen and oxygen atoms in total. The predicted molar refractivity (Wildman–Crippen MR) is 113 cm³/mol. The molecule has 0 bridgehead atoms. The average molecular weight is 499 g/mol. The molecule has 1 fully saturated rings. The zero-order chi connectivity index (χ0) is 19.2. The molecule has 27 heavy (non-hydrogen) atoms. The Morgan fingerprint density at radius 1 is 1.41 bits per heavy atom. The van der Waals surface area contributed by atoms with E-state index < -0.39 is 11.7 Å². The van der Waals surface area contributed by atoms with Crippen molar-refractivity contribution in [3.8, 4) is 0 Å². The van der Waals surface area contributed by atoms with Crippen LogP contribution in [0.4, 0.5) is 13.2 Å². The fourth-order valence-electron chi connectivity index (χ4n) is 3.32. The SMILES string of the molecule is CN=C(NCCC(C)c1cccc(C(F)(F)F)c1)N1CCC(COC)C1.I. The number of aliphatic imine (C=N–C) groups is 1. The highest BCUT2D eigenvalue weighted by Crippen LogP contribution is 2.31. The zero-order valence-corrected chi connectivity index (χ0v) is 18.4. The molecule has 0 aliphatic carbocycles. The Labute approximate surface area is 176 Å². The molecule has 0 saturated carbocycles. The normalized spacial score (nSPS) is 19.0. The maximum Gasteiger partial charge on any atom is 0.416 e. The minimum atomic E-state index is -4.30. The number of hydrogen-bond acceptors (Lipinski definition) is 2. The maximum absolute atomic E-state index is 12.9. The summed E-state index contributed by atoms with van der Waals surface area (Å²) in [7, 11) is 3.47. The number of nitrogens with one attached hydrogen (secondary N) is 1. The molecule has 0 aromatic heterocycles. The summed E-state index contributed by atoms with van der Waals surface area (Å²) in [6.45, 7) is 5.22. The van der Waals surface area contributed by atoms with Crippen LogP contribution in [0, 0.1) is 5.92 Å². The molecule has 1 aromatic carbocycles. The number of alkyl halides is 3. The molecular weight excluding hydrogens is 470 g/mol. The standard InChI is InChI=1S/C19H28F3N3O.HI/c1-14(16-5-4-6-17(11-16)19(20,21)22)7-9-24-18(23-2)25-10-8-15(12-25)13-26-3;/h4-6,11,14-15H,7-10,12-13H2,1-3H3,(H,23,24);1H. The van der Waals surface area contributed by atoms with Crippen LogP contribution in [0.3, 0.4) is 0 Å². The monoisotopic (exact) mass is 499 g/mol. The second kappa shape index (κ2) is 11.1. The van der Waals surface area contributed by atoms with Crippen LogP contribution in [0.25, 0.3) is 0 Å². The summed E-state index contributed by atoms with van der Waals surface area (Å²) in [4.78, 5) is 6.53. The fraction of sp³-hybridized carbons (Fsp3) is 0.632. The van der Waals surface area contributed by atoms with E-state index in [9.17, 15) is 13.2 Å². The number of benzene rings is 1. The molecule has 1 aromatic rings. The van der Waals surface area contributed by atoms with Gasteiger partial charge in [0.25, 0.3) is 0 Å². The van der Waals surface area contributed by atoms with Gasteiger partial charge in [0, 0.05) is 39.7 Å². The Hall–Kier alpha value is -1.03. The molecule has 1 aliphatic heterocycles. The summed E-state index contributed by atoms with van der Waals surface area (Å²) in [5, 5.41) is 3.33. The lowest BCUT2D eigenvalue weighted by Crippen LogP contribution is -2.40. The number of ether oxygens (including phenoxy) is 1. The summed E-state index contributed by atoms with van der Waals surface area (Å²) in [5.41, 5.74) is 0.116. The number of hydrogen-bond donors (Lipinski definition) is 1. The van der Waals surface area contributed by atoms with Crippen molar-refractivity contribution in [2.75, 3.05) is 40.4 Å². The third kappa shape index (κ3) is 7.14. The second-order valence-corrected chi connectivity index (χ2v) is 6.84. The summed E-state index contributed by atoms with van der Waals surface area (Å²) in [5.74, 6) is 1.39. The molecule has 2 unspecified atom stereocenters. The molecule has 0 amide bonds. The van der Waals surface area contributed by atoms with E-state index in [0.717, 1.165) is 44.6 Å². The molecule has 2 atom stereocenters. The van der Waals surface area contributed by atoms with Gasteiger partial charge in [0.1, 0.15) is 0 Å². The van der Waals surface area contributed by atoms with E-state index in [2.05, 4.69) is 15.2 Å². The van der Waals surface area contributed by atoms with Gasteiger partial charge in [-0.25, -0.2) is 0 Å². The number of methoxy groups -OCH3 is 1. The van der Waals surface area contributed by atoms with Crippen LogP contribution in [-0.2, 0) is 10.9 Å². The van der Waals surface area contributed by atoms with Crippen LogP contribution >= 0.6 is 24.0 Å². The van der Waals surface area contributed by atoms with E-state index in [1.165, 1.54) is 12.1 Å². The minimum Gasteiger partial charge on any atom is -0.384 e. The topological polar surface area (TPSA) is 36.9 Å². The van der Waals surface area contributed by atoms with E-state index in [1.807, 2.05) is 6.92 Å². The van der Waals surface area contributed by atoms with Gasteiger partial charge in [-0.05, 0) is 30.4 Å². The van der Waals surface area contributed by atoms with Crippen molar-refractivity contribution in [3.63, 3.8) is 0 Å². The van der Waals surface area contributed by atoms with Gasteiger partial charge in [0.15, 0.2) is 5.96 Å². The second-order valence-electron chi connectivity index (χ2n) is 6.84. The van der Waals surface area contributed by atoms with Gasteiger partial charge in [-0.2, -0.15) is 13.2 Å². The van der Waals surface area contributed by atoms with Crippen molar-refractivity contribution in [3.05, 3.63) is 35.4 Å². The highest BCUT2D eigenvalue weighted by atomic mass is 127. The van der Waals surface area contributed by atoms with Crippen molar-refractivity contribution < 1.29 is 17.9 Å². The first-order chi connectivity index (χ1) is 12.3. The number of guanidine groups is 1. The lowest BCUT2D eigenvalue weighted by molar-refractivity contribution is -0.137. The van der Waals surface area contributed by atoms with Crippen LogP contribution in [0.5, 0.6) is 0 Å². The Balaban J connectivity index is 0.00000364. The Bertz CT molecular complexity index is 610. The largest absolute Gasteiger partial charge is 0.416 e. The third-order valence-electron chi connectivity index (χ3n) is 4.84. The van der Waals surface area contributed by atoms with Gasteiger partial charge in [0.2, 0.25) is 0 Å². The Morgan fingerprint density at radius 3 is 2.78 bits per heavy atom. The number of nitrogens with zero attached hydrogens (tertiary/aromatic N) is 2. The van der Waals surface area contributed by atoms with Gasteiger partial charge in [-0.1, -0.05) is 25.1 Å². The average Bonchev–Trinajstić information content (AvgIpc) is 3.06. The highest BCUT2D eigenvalue weighted by Gasteiger charge is 2.30. The molecule has 1 aliphatic rings. The molecule has 1 saturated heterocycles. The molecule has 1 N–H and O–H groups in total. The summed E-state index contributed by atoms with van der Waals surface area (Å²) >= 11 is 0. The summed E-state index contributed by atoms with van der Waals surface area (Å²) in [6.07, 6.45) is -2.49. The van der Waals surface area contributed by atoms with E-state index in [-0.39, 0.29) is 29.9 Å². The predicted octanol–water partition coefficient (Wildman–Crippen LogP) is 4.36. The third-order valence-corrected chi connectivity index (χ3v) is 4.84. The van der Waals surface area contributed by atoms with Gasteiger partial charge in [0.05, 0.1) is 12.2 Å². The number of halogens is 4. The minimum absolute atomic E-state index is 0. The van der Waals surface area contributed by atoms with Crippen LogP contribution in [0.1, 0.15) is 36.8 Å². The molecule has 8 heteroatoms. The van der Waals surface area contributed by atoms with Crippen LogP contribution in [-0.4, -0.2) is 51.3 Å². The van der Waals surface area contributed by atoms with Crippen LogP contribution < -0.4 is 5.32 Å². The number of rotatable bonds is 6. The van der Waals surface area contributed by atoms with Crippen molar-refractivity contribution in [1.29, 1.82) is 0 Å². The Kier molecular flexibility index (Phi) is 9.86. The lowest BCUT2D eigenvalue weighted by atomic mass is 9.96. The van der Waals surface area contributed by atoms with Crippen LogP contribution in [0.15, 0.2) is 29.3 Å². The first-order valence-electron chi connectivity index (χ1n) is 8.96. The lowest BCUT2D eigenvalue weighted by Gasteiger charge is -2.22. The molecule has 154 valence electrons. The van der Waals surface area contributed by atoms with Gasteiger partial charge in [-0.15, -0.1) is 24.0 Å². The molecule has 0 radical (unpaired) electrons. The van der Waals surface area contributed by atoms with E-state index >= 15 is 0 Å². The number of likely N-dealkylation sites (tertiary alicyclic amines) is 1. The van der Waals surface area contributed by atoms with E-state index in [4.69, 9.17) is 4.74 Å². The fourth-order valence-corrected chi connectivity index (χ4v) is 3.32. The first kappa shape index (κ1) is 24.0. The summed E-state index contributed by atoms with van der Waals surface area (Å²) < 4.78 is 43.8. The Morgan fingerprint density at radius 2 is 2.15 bits per heavy atom. The van der Waals surface area contributed by atoms with Crippen molar-refractivity contribution in [2.24, 2.45) is 10.9 Å². The smallest absolute Gasteiger partial charge is 0.384 e. The molecule has 1 heterocycles. The van der Waals surface area contributed by atoms with Crippen molar-refractivity contribution in [1.82, 2.24) is 10.2 Å². The van der Waals surface area contributed by atoms with Gasteiger partial charge >= 0.3 is 6.18 Å². The molecular formula is C19H29F3IN3O. The van der Waals surface area contributed by atoms with Gasteiger partial charge < -0.3 is 15.0 Å². The summed E-state index contributed by atoms with van der Waals surface area (Å²) in [6, 6.07) is 5.58. The molecule has 2 rings (SSSR count). The van der Waals surface area contributed by atoms with Crippen molar-refractivity contribution in [2.45, 2.75) is 31.9 Å². The maximum atomic E-state index is 12.9. The van der Waals surface area contributed by atoms with E-state index in [0.29, 0.717) is 18.0 Å². The highest BCUT2D eigenvalue weighted by molar-refractivity contribution is 14.0. The van der Waals surface area contributed by atoms with Crippen molar-refractivity contribution >= 4 is 29.9 Å². The van der Waals surface area contributed by atoms with Gasteiger partial charge in [-0.3, -0.25) is 4.99 Å². The first-order valence-corrected chi connectivity index (χ1v) is 8.96. The van der Waals surface area contributed by atoms with E-state index in [1.54, 1.807) is 20.2 Å². The molecule has 0 spiro atoms. The zero-order valence-electron chi connectivity index (χ0n) is 16.1. The quantitative estimate of drug-likeness (QED) is 0.359.